The first-order chi connectivity index (χ1) is 11.0. The van der Waals surface area contributed by atoms with E-state index in [0.29, 0.717) is 11.3 Å². The zero-order valence-corrected chi connectivity index (χ0v) is 14.4. The largest absolute Gasteiger partial charge is 0.466 e. The van der Waals surface area contributed by atoms with Gasteiger partial charge in [-0.2, -0.15) is 0 Å². The molecule has 5 heteroatoms. The molecule has 4 nitrogen and oxygen atoms in total. The SMILES string of the molecule is Cc1cc(C(=O)/C=C/c2cc(C)n(-c3nccs3)c2C)c(C)o1. The van der Waals surface area contributed by atoms with Crippen molar-refractivity contribution in [2.45, 2.75) is 27.7 Å². The lowest BCUT2D eigenvalue weighted by Crippen LogP contribution is -1.98. The highest BCUT2D eigenvalue weighted by atomic mass is 32.1. The topological polar surface area (TPSA) is 48.0 Å². The van der Waals surface area contributed by atoms with Crippen molar-refractivity contribution in [1.29, 1.82) is 0 Å². The fourth-order valence-corrected chi connectivity index (χ4v) is 3.46. The first kappa shape index (κ1) is 15.5. The highest BCUT2D eigenvalue weighted by molar-refractivity contribution is 7.12. The molecule has 0 atom stereocenters. The Balaban J connectivity index is 1.90. The molecular weight excluding hydrogens is 308 g/mol. The lowest BCUT2D eigenvalue weighted by Gasteiger charge is -2.04. The van der Waals surface area contributed by atoms with Crippen molar-refractivity contribution < 1.29 is 9.21 Å². The molecule has 23 heavy (non-hydrogen) atoms. The Labute approximate surface area is 139 Å². The Kier molecular flexibility index (Phi) is 4.05. The van der Waals surface area contributed by atoms with Crippen LogP contribution < -0.4 is 0 Å². The van der Waals surface area contributed by atoms with E-state index in [1.807, 2.05) is 39.2 Å². The number of ketones is 1. The molecule has 0 fully saturated rings. The third-order valence-electron chi connectivity index (χ3n) is 3.80. The number of aryl methyl sites for hydroxylation is 3. The Bertz CT molecular complexity index is 883. The van der Waals surface area contributed by atoms with Gasteiger partial charge in [0.15, 0.2) is 10.9 Å². The summed E-state index contributed by atoms with van der Waals surface area (Å²) in [6, 6.07) is 3.84. The summed E-state index contributed by atoms with van der Waals surface area (Å²) in [7, 11) is 0. The average Bonchev–Trinajstić information content (AvgIpc) is 3.18. The lowest BCUT2D eigenvalue weighted by atomic mass is 10.1. The molecule has 0 aliphatic rings. The molecule has 0 bridgehead atoms. The zero-order chi connectivity index (χ0) is 16.6. The minimum absolute atomic E-state index is 0.0431. The van der Waals surface area contributed by atoms with Crippen LogP contribution >= 0.6 is 11.3 Å². The number of nitrogens with zero attached hydrogens (tertiary/aromatic N) is 2. The first-order valence-corrected chi connectivity index (χ1v) is 8.23. The number of aromatic nitrogens is 2. The molecule has 0 aromatic carbocycles. The summed E-state index contributed by atoms with van der Waals surface area (Å²) in [5.41, 5.74) is 3.80. The van der Waals surface area contributed by atoms with Crippen molar-refractivity contribution >= 4 is 23.2 Å². The predicted molar refractivity (Wildman–Crippen MR) is 92.5 cm³/mol. The molecule has 118 valence electrons. The van der Waals surface area contributed by atoms with Crippen LogP contribution in [-0.2, 0) is 0 Å². The molecule has 3 aromatic rings. The third kappa shape index (κ3) is 2.92. The fraction of sp³-hybridized carbons (Fsp3) is 0.222. The van der Waals surface area contributed by atoms with Gasteiger partial charge in [0.25, 0.3) is 0 Å². The number of furan rings is 1. The monoisotopic (exact) mass is 326 g/mol. The van der Waals surface area contributed by atoms with Gasteiger partial charge >= 0.3 is 0 Å². The predicted octanol–water partition coefficient (Wildman–Crippen LogP) is 4.66. The van der Waals surface area contributed by atoms with Crippen LogP contribution in [0.3, 0.4) is 0 Å². The maximum atomic E-state index is 12.3. The van der Waals surface area contributed by atoms with Crippen LogP contribution in [0.2, 0.25) is 0 Å². The number of carbonyl (C=O) groups is 1. The van der Waals surface area contributed by atoms with E-state index in [9.17, 15) is 4.79 Å². The molecule has 0 amide bonds. The Hall–Kier alpha value is -2.40. The molecule has 3 rings (SSSR count). The van der Waals surface area contributed by atoms with Crippen molar-refractivity contribution in [3.63, 3.8) is 0 Å². The molecule has 0 N–H and O–H groups in total. The minimum Gasteiger partial charge on any atom is -0.466 e. The Morgan fingerprint density at radius 1 is 1.26 bits per heavy atom. The summed E-state index contributed by atoms with van der Waals surface area (Å²) in [6.45, 7) is 7.72. The minimum atomic E-state index is -0.0431. The van der Waals surface area contributed by atoms with E-state index in [2.05, 4.69) is 15.6 Å². The van der Waals surface area contributed by atoms with E-state index in [1.54, 1.807) is 29.7 Å². The van der Waals surface area contributed by atoms with E-state index in [4.69, 9.17) is 4.42 Å². The van der Waals surface area contributed by atoms with Gasteiger partial charge < -0.3 is 4.42 Å². The number of thiazole rings is 1. The molecule has 0 saturated heterocycles. The number of carbonyl (C=O) groups excluding carboxylic acids is 1. The smallest absolute Gasteiger partial charge is 0.193 e. The lowest BCUT2D eigenvalue weighted by molar-refractivity contribution is 0.104. The van der Waals surface area contributed by atoms with Gasteiger partial charge in [0.2, 0.25) is 0 Å². The third-order valence-corrected chi connectivity index (χ3v) is 4.56. The van der Waals surface area contributed by atoms with Crippen LogP contribution in [-0.4, -0.2) is 15.3 Å². The van der Waals surface area contributed by atoms with Gasteiger partial charge in [0.05, 0.1) is 5.56 Å². The standard InChI is InChI=1S/C18H18N2O2S/c1-11-9-15(13(3)20(11)18-19-7-8-23-18)5-6-17(21)16-10-12(2)22-14(16)4/h5-10H,1-4H3/b6-5+. The van der Waals surface area contributed by atoms with Crippen molar-refractivity contribution in [2.24, 2.45) is 0 Å². The van der Waals surface area contributed by atoms with Crippen LogP contribution in [0.5, 0.6) is 0 Å². The molecule has 0 aliphatic heterocycles. The highest BCUT2D eigenvalue weighted by Crippen LogP contribution is 2.23. The van der Waals surface area contributed by atoms with Crippen LogP contribution in [0.15, 0.2) is 34.2 Å². The Morgan fingerprint density at radius 2 is 2.04 bits per heavy atom. The van der Waals surface area contributed by atoms with Gasteiger partial charge in [-0.15, -0.1) is 11.3 Å². The van der Waals surface area contributed by atoms with Crippen LogP contribution in [0, 0.1) is 27.7 Å². The molecule has 3 aromatic heterocycles. The first-order valence-electron chi connectivity index (χ1n) is 7.35. The normalized spacial score (nSPS) is 11.5. The summed E-state index contributed by atoms with van der Waals surface area (Å²) in [4.78, 5) is 16.7. The van der Waals surface area contributed by atoms with Gasteiger partial charge in [-0.25, -0.2) is 4.98 Å². The van der Waals surface area contributed by atoms with Gasteiger partial charge in [0.1, 0.15) is 11.5 Å². The molecule has 0 radical (unpaired) electrons. The van der Waals surface area contributed by atoms with Gasteiger partial charge in [0, 0.05) is 23.0 Å². The van der Waals surface area contributed by atoms with Crippen molar-refractivity contribution in [2.75, 3.05) is 0 Å². The number of allylic oxidation sites excluding steroid dienone is 1. The summed E-state index contributed by atoms with van der Waals surface area (Å²) in [6.07, 6.45) is 5.25. The second kappa shape index (κ2) is 6.01. The quantitative estimate of drug-likeness (QED) is 0.517. The summed E-state index contributed by atoms with van der Waals surface area (Å²) in [5, 5.41) is 2.89. The molecular formula is C18H18N2O2S. The molecule has 0 spiro atoms. The van der Waals surface area contributed by atoms with Crippen molar-refractivity contribution in [3.8, 4) is 5.13 Å². The number of rotatable bonds is 4. The van der Waals surface area contributed by atoms with E-state index < -0.39 is 0 Å². The number of hydrogen-bond acceptors (Lipinski definition) is 4. The zero-order valence-electron chi connectivity index (χ0n) is 13.6. The second-order valence-corrected chi connectivity index (χ2v) is 6.37. The van der Waals surface area contributed by atoms with Crippen molar-refractivity contribution in [1.82, 2.24) is 9.55 Å². The molecule has 3 heterocycles. The second-order valence-electron chi connectivity index (χ2n) is 5.50. The molecule has 0 saturated carbocycles. The maximum absolute atomic E-state index is 12.3. The molecule has 0 aliphatic carbocycles. The summed E-state index contributed by atoms with van der Waals surface area (Å²) >= 11 is 1.59. The summed E-state index contributed by atoms with van der Waals surface area (Å²) in [5.74, 6) is 1.37. The van der Waals surface area contributed by atoms with Gasteiger partial charge in [-0.05, 0) is 57.5 Å². The molecule has 0 unspecified atom stereocenters. The van der Waals surface area contributed by atoms with E-state index in [1.165, 1.54) is 0 Å². The van der Waals surface area contributed by atoms with E-state index >= 15 is 0 Å². The van der Waals surface area contributed by atoms with Crippen molar-refractivity contribution in [3.05, 3.63) is 63.8 Å². The average molecular weight is 326 g/mol. The van der Waals surface area contributed by atoms with Crippen LogP contribution in [0.1, 0.15) is 38.8 Å². The van der Waals surface area contributed by atoms with Crippen LogP contribution in [0.4, 0.5) is 0 Å². The van der Waals surface area contributed by atoms with E-state index in [0.717, 1.165) is 27.8 Å². The van der Waals surface area contributed by atoms with Gasteiger partial charge in [-0.3, -0.25) is 9.36 Å². The van der Waals surface area contributed by atoms with Crippen LogP contribution in [0.25, 0.3) is 11.2 Å². The summed E-state index contributed by atoms with van der Waals surface area (Å²) < 4.78 is 7.52. The maximum Gasteiger partial charge on any atom is 0.193 e. The van der Waals surface area contributed by atoms with Gasteiger partial charge in [-0.1, -0.05) is 0 Å². The Morgan fingerprint density at radius 3 is 2.65 bits per heavy atom. The van der Waals surface area contributed by atoms with E-state index in [-0.39, 0.29) is 5.78 Å². The fourth-order valence-electron chi connectivity index (χ4n) is 2.71. The number of hydrogen-bond donors (Lipinski definition) is 0. The highest BCUT2D eigenvalue weighted by Gasteiger charge is 2.13.